The quantitative estimate of drug-likeness (QED) is 0.747. The van der Waals surface area contributed by atoms with Gasteiger partial charge in [0, 0.05) is 19.1 Å². The van der Waals surface area contributed by atoms with Crippen LogP contribution in [0.1, 0.15) is 46.1 Å². The standard InChI is InChI=1S/C17H29ClN2/c1-6-15(7-2)20(12-13(3)4)17-14(11-19-5)9-8-10-16(17)18/h8-10,13,15,19H,6-7,11-12H2,1-5H3. The van der Waals surface area contributed by atoms with Crippen molar-refractivity contribution in [2.24, 2.45) is 5.92 Å². The molecule has 0 aromatic heterocycles. The summed E-state index contributed by atoms with van der Waals surface area (Å²) in [6, 6.07) is 6.77. The summed E-state index contributed by atoms with van der Waals surface area (Å²) in [7, 11) is 1.98. The molecule has 114 valence electrons. The molecule has 0 atom stereocenters. The molecular weight excluding hydrogens is 268 g/mol. The Morgan fingerprint density at radius 1 is 1.20 bits per heavy atom. The molecule has 1 N–H and O–H groups in total. The molecule has 1 aromatic rings. The summed E-state index contributed by atoms with van der Waals surface area (Å²) in [5.74, 6) is 0.620. The van der Waals surface area contributed by atoms with Crippen molar-refractivity contribution in [3.63, 3.8) is 0 Å². The molecule has 0 heterocycles. The van der Waals surface area contributed by atoms with Crippen LogP contribution in [0, 0.1) is 5.92 Å². The van der Waals surface area contributed by atoms with Crippen LogP contribution in [-0.4, -0.2) is 19.6 Å². The average molecular weight is 297 g/mol. The van der Waals surface area contributed by atoms with Crippen molar-refractivity contribution in [3.8, 4) is 0 Å². The topological polar surface area (TPSA) is 15.3 Å². The third kappa shape index (κ3) is 4.39. The van der Waals surface area contributed by atoms with Gasteiger partial charge in [-0.15, -0.1) is 0 Å². The molecule has 3 heteroatoms. The van der Waals surface area contributed by atoms with Gasteiger partial charge in [-0.05, 0) is 37.4 Å². The van der Waals surface area contributed by atoms with E-state index in [2.05, 4.69) is 44.0 Å². The van der Waals surface area contributed by atoms with Gasteiger partial charge in [-0.1, -0.05) is 51.4 Å². The zero-order valence-corrected chi connectivity index (χ0v) is 14.3. The summed E-state index contributed by atoms with van der Waals surface area (Å²) in [5, 5.41) is 4.12. The number of anilines is 1. The van der Waals surface area contributed by atoms with E-state index < -0.39 is 0 Å². The second-order valence-electron chi connectivity index (χ2n) is 5.79. The number of benzene rings is 1. The van der Waals surface area contributed by atoms with Gasteiger partial charge >= 0.3 is 0 Å². The van der Waals surface area contributed by atoms with Gasteiger partial charge in [0.1, 0.15) is 0 Å². The molecule has 0 aliphatic carbocycles. The predicted molar refractivity (Wildman–Crippen MR) is 90.8 cm³/mol. The Labute approximate surface area is 129 Å². The van der Waals surface area contributed by atoms with E-state index in [4.69, 9.17) is 11.6 Å². The molecule has 0 aliphatic heterocycles. The summed E-state index contributed by atoms with van der Waals surface area (Å²) in [6.45, 7) is 11.0. The Morgan fingerprint density at radius 3 is 2.35 bits per heavy atom. The Bertz CT molecular complexity index is 400. The third-order valence-corrected chi connectivity index (χ3v) is 3.97. The first kappa shape index (κ1) is 17.3. The number of hydrogen-bond donors (Lipinski definition) is 1. The molecule has 0 spiro atoms. The zero-order valence-electron chi connectivity index (χ0n) is 13.5. The van der Waals surface area contributed by atoms with Crippen LogP contribution in [-0.2, 0) is 6.54 Å². The van der Waals surface area contributed by atoms with Crippen molar-refractivity contribution in [3.05, 3.63) is 28.8 Å². The highest BCUT2D eigenvalue weighted by Gasteiger charge is 2.21. The third-order valence-electron chi connectivity index (χ3n) is 3.67. The summed E-state index contributed by atoms with van der Waals surface area (Å²) < 4.78 is 0. The first-order valence-corrected chi connectivity index (χ1v) is 8.11. The number of nitrogens with one attached hydrogen (secondary N) is 1. The summed E-state index contributed by atoms with van der Waals surface area (Å²) in [6.07, 6.45) is 2.29. The molecule has 0 saturated heterocycles. The van der Waals surface area contributed by atoms with Gasteiger partial charge in [0.2, 0.25) is 0 Å². The highest BCUT2D eigenvalue weighted by molar-refractivity contribution is 6.33. The number of nitrogens with zero attached hydrogens (tertiary/aromatic N) is 1. The molecule has 0 radical (unpaired) electrons. The van der Waals surface area contributed by atoms with Crippen molar-refractivity contribution in [1.29, 1.82) is 0 Å². The van der Waals surface area contributed by atoms with E-state index in [-0.39, 0.29) is 0 Å². The second-order valence-corrected chi connectivity index (χ2v) is 6.20. The van der Waals surface area contributed by atoms with E-state index in [1.165, 1.54) is 11.3 Å². The lowest BCUT2D eigenvalue weighted by Gasteiger charge is -2.36. The maximum Gasteiger partial charge on any atom is 0.0643 e. The summed E-state index contributed by atoms with van der Waals surface area (Å²) >= 11 is 6.53. The molecule has 1 rings (SSSR count). The lowest BCUT2D eigenvalue weighted by molar-refractivity contribution is 0.506. The summed E-state index contributed by atoms with van der Waals surface area (Å²) in [4.78, 5) is 2.51. The largest absolute Gasteiger partial charge is 0.367 e. The molecule has 1 aromatic carbocycles. The van der Waals surface area contributed by atoms with Crippen LogP contribution < -0.4 is 10.2 Å². The normalized spacial score (nSPS) is 11.4. The first-order chi connectivity index (χ1) is 9.54. The molecule has 0 amide bonds. The average Bonchev–Trinajstić information content (AvgIpc) is 2.39. The minimum atomic E-state index is 0.549. The van der Waals surface area contributed by atoms with Crippen molar-refractivity contribution >= 4 is 17.3 Å². The predicted octanol–water partition coefficient (Wildman–Crippen LogP) is 4.71. The van der Waals surface area contributed by atoms with Gasteiger partial charge in [0.15, 0.2) is 0 Å². The lowest BCUT2D eigenvalue weighted by Crippen LogP contribution is -2.38. The Balaban J connectivity index is 3.24. The molecule has 0 fully saturated rings. The van der Waals surface area contributed by atoms with Crippen molar-refractivity contribution in [1.82, 2.24) is 5.32 Å². The molecule has 2 nitrogen and oxygen atoms in total. The highest BCUT2D eigenvalue weighted by atomic mass is 35.5. The van der Waals surface area contributed by atoms with Gasteiger partial charge in [-0.25, -0.2) is 0 Å². The van der Waals surface area contributed by atoms with Gasteiger partial charge < -0.3 is 10.2 Å². The molecule has 0 aliphatic rings. The van der Waals surface area contributed by atoms with Crippen LogP contribution in [0.2, 0.25) is 5.02 Å². The molecule has 0 saturated carbocycles. The van der Waals surface area contributed by atoms with E-state index >= 15 is 0 Å². The summed E-state index contributed by atoms with van der Waals surface area (Å²) in [5.41, 5.74) is 2.50. The van der Waals surface area contributed by atoms with Gasteiger partial charge in [0.05, 0.1) is 10.7 Å². The number of hydrogen-bond acceptors (Lipinski definition) is 2. The van der Waals surface area contributed by atoms with Crippen LogP contribution in [0.3, 0.4) is 0 Å². The Kier molecular flexibility index (Phi) is 7.39. The van der Waals surface area contributed by atoms with Gasteiger partial charge in [0.25, 0.3) is 0 Å². The minimum Gasteiger partial charge on any atom is -0.367 e. The van der Waals surface area contributed by atoms with E-state index in [1.54, 1.807) is 0 Å². The maximum atomic E-state index is 6.53. The zero-order chi connectivity index (χ0) is 15.1. The van der Waals surface area contributed by atoms with Crippen LogP contribution >= 0.6 is 11.6 Å². The first-order valence-electron chi connectivity index (χ1n) is 7.73. The Hall–Kier alpha value is -0.730. The monoisotopic (exact) mass is 296 g/mol. The van der Waals surface area contributed by atoms with Crippen molar-refractivity contribution in [2.45, 2.75) is 53.1 Å². The number of rotatable bonds is 8. The van der Waals surface area contributed by atoms with Crippen LogP contribution in [0.25, 0.3) is 0 Å². The molecular formula is C17H29ClN2. The molecule has 0 unspecified atom stereocenters. The fourth-order valence-electron chi connectivity index (χ4n) is 2.76. The van der Waals surface area contributed by atoms with E-state index in [0.29, 0.717) is 12.0 Å². The Morgan fingerprint density at radius 2 is 1.85 bits per heavy atom. The fourth-order valence-corrected chi connectivity index (χ4v) is 3.06. The van der Waals surface area contributed by atoms with Crippen molar-refractivity contribution in [2.75, 3.05) is 18.5 Å². The lowest BCUT2D eigenvalue weighted by atomic mass is 10.0. The molecule has 20 heavy (non-hydrogen) atoms. The maximum absolute atomic E-state index is 6.53. The van der Waals surface area contributed by atoms with Crippen LogP contribution in [0.5, 0.6) is 0 Å². The number of para-hydroxylation sites is 1. The van der Waals surface area contributed by atoms with Crippen LogP contribution in [0.4, 0.5) is 5.69 Å². The van der Waals surface area contributed by atoms with Crippen LogP contribution in [0.15, 0.2) is 18.2 Å². The van der Waals surface area contributed by atoms with E-state index in [1.807, 2.05) is 19.2 Å². The van der Waals surface area contributed by atoms with Gasteiger partial charge in [-0.3, -0.25) is 0 Å². The van der Waals surface area contributed by atoms with E-state index in [0.717, 1.165) is 31.0 Å². The van der Waals surface area contributed by atoms with Gasteiger partial charge in [-0.2, -0.15) is 0 Å². The SMILES string of the molecule is CCC(CC)N(CC(C)C)c1c(Cl)cccc1CNC. The fraction of sp³-hybridized carbons (Fsp3) is 0.647. The highest BCUT2D eigenvalue weighted by Crippen LogP contribution is 2.33. The second kappa shape index (κ2) is 8.53. The van der Waals surface area contributed by atoms with Crippen molar-refractivity contribution < 1.29 is 0 Å². The number of halogens is 1. The van der Waals surface area contributed by atoms with E-state index in [9.17, 15) is 0 Å². The minimum absolute atomic E-state index is 0.549. The smallest absolute Gasteiger partial charge is 0.0643 e. The molecule has 0 bridgehead atoms.